The molecule has 0 saturated carbocycles. The number of aromatic nitrogens is 1. The Morgan fingerprint density at radius 3 is 2.45 bits per heavy atom. The number of nitrogens with one attached hydrogen (secondary N) is 1. The lowest BCUT2D eigenvalue weighted by molar-refractivity contribution is -0.274. The molecular weight excluding hydrogens is 428 g/mol. The molecule has 0 radical (unpaired) electrons. The van der Waals surface area contributed by atoms with Crippen LogP contribution in [0.25, 0.3) is 0 Å². The van der Waals surface area contributed by atoms with E-state index in [0.29, 0.717) is 17.1 Å². The minimum atomic E-state index is -4.76. The number of rotatable bonds is 7. The molecule has 0 bridgehead atoms. The van der Waals surface area contributed by atoms with E-state index in [2.05, 4.69) is 15.0 Å². The highest BCUT2D eigenvalue weighted by Crippen LogP contribution is 2.27. The number of amides is 1. The van der Waals surface area contributed by atoms with Gasteiger partial charge in [0.05, 0.1) is 12.1 Å². The summed E-state index contributed by atoms with van der Waals surface area (Å²) in [5.41, 5.74) is 1.90. The standard InChI is InChI=1S/C19H14F4N2O2S2/c20-13-3-1-12(2-4-13)10-28-18-25-15(11-29-18)9-17(26)24-14-5-7-16(8-6-14)27-19(21,22)23/h1-8,11H,9-10H2,(H,24,26). The van der Waals surface area contributed by atoms with Crippen molar-refractivity contribution in [2.45, 2.75) is 22.9 Å². The topological polar surface area (TPSA) is 51.2 Å². The SMILES string of the molecule is O=C(Cc1csc(SCc2ccc(F)cc2)n1)Nc1ccc(OC(F)(F)F)cc1. The highest BCUT2D eigenvalue weighted by molar-refractivity contribution is 8.00. The normalized spacial score (nSPS) is 11.3. The number of halogens is 4. The van der Waals surface area contributed by atoms with Gasteiger partial charge in [-0.05, 0) is 42.0 Å². The van der Waals surface area contributed by atoms with Crippen LogP contribution in [-0.2, 0) is 17.0 Å². The number of hydrogen-bond acceptors (Lipinski definition) is 5. The summed E-state index contributed by atoms with van der Waals surface area (Å²) in [5.74, 6) is -0.359. The zero-order chi connectivity index (χ0) is 20.9. The highest BCUT2D eigenvalue weighted by atomic mass is 32.2. The molecule has 4 nitrogen and oxygen atoms in total. The lowest BCUT2D eigenvalue weighted by atomic mass is 10.2. The first-order chi connectivity index (χ1) is 13.8. The number of benzene rings is 2. The van der Waals surface area contributed by atoms with Crippen LogP contribution < -0.4 is 10.1 Å². The van der Waals surface area contributed by atoms with Gasteiger partial charge in [-0.1, -0.05) is 23.9 Å². The largest absolute Gasteiger partial charge is 0.573 e. The molecule has 0 aliphatic rings. The van der Waals surface area contributed by atoms with Crippen molar-refractivity contribution in [1.82, 2.24) is 4.98 Å². The number of carbonyl (C=O) groups excluding carboxylic acids is 1. The van der Waals surface area contributed by atoms with E-state index >= 15 is 0 Å². The van der Waals surface area contributed by atoms with Gasteiger partial charge in [-0.15, -0.1) is 24.5 Å². The average Bonchev–Trinajstić information content (AvgIpc) is 3.09. The molecule has 0 saturated heterocycles. The smallest absolute Gasteiger partial charge is 0.406 e. The van der Waals surface area contributed by atoms with Crippen LogP contribution in [-0.4, -0.2) is 17.3 Å². The van der Waals surface area contributed by atoms with Gasteiger partial charge in [-0.3, -0.25) is 4.79 Å². The van der Waals surface area contributed by atoms with Gasteiger partial charge in [-0.25, -0.2) is 9.37 Å². The van der Waals surface area contributed by atoms with Gasteiger partial charge in [0.2, 0.25) is 5.91 Å². The van der Waals surface area contributed by atoms with E-state index in [4.69, 9.17) is 0 Å². The molecule has 1 heterocycles. The molecule has 10 heteroatoms. The number of ether oxygens (including phenoxy) is 1. The molecule has 1 N–H and O–H groups in total. The van der Waals surface area contributed by atoms with Gasteiger partial charge in [0.25, 0.3) is 0 Å². The van der Waals surface area contributed by atoms with Gasteiger partial charge >= 0.3 is 6.36 Å². The maximum absolute atomic E-state index is 12.9. The molecule has 3 aromatic rings. The van der Waals surface area contributed by atoms with Crippen LogP contribution in [0.15, 0.2) is 58.3 Å². The Balaban J connectivity index is 1.49. The van der Waals surface area contributed by atoms with E-state index in [1.54, 1.807) is 17.5 Å². The van der Waals surface area contributed by atoms with Gasteiger partial charge in [0, 0.05) is 16.8 Å². The van der Waals surface area contributed by atoms with Crippen LogP contribution in [0.4, 0.5) is 23.2 Å². The molecule has 1 amide bonds. The second kappa shape index (κ2) is 9.27. The Hall–Kier alpha value is -2.59. The van der Waals surface area contributed by atoms with Crippen LogP contribution in [0.3, 0.4) is 0 Å². The molecule has 0 unspecified atom stereocenters. The molecule has 0 fully saturated rings. The summed E-state index contributed by atoms with van der Waals surface area (Å²) < 4.78 is 53.9. The molecule has 1 aromatic heterocycles. The van der Waals surface area contributed by atoms with Crippen molar-refractivity contribution in [1.29, 1.82) is 0 Å². The van der Waals surface area contributed by atoms with Crippen molar-refractivity contribution in [3.8, 4) is 5.75 Å². The van der Waals surface area contributed by atoms with Crippen molar-refractivity contribution in [3.63, 3.8) is 0 Å². The number of nitrogens with zero attached hydrogens (tertiary/aromatic N) is 1. The quantitative estimate of drug-likeness (QED) is 0.379. The summed E-state index contributed by atoms with van der Waals surface area (Å²) in [5, 5.41) is 4.37. The van der Waals surface area contributed by atoms with Crippen LogP contribution >= 0.6 is 23.1 Å². The van der Waals surface area contributed by atoms with Crippen LogP contribution in [0.5, 0.6) is 5.75 Å². The van der Waals surface area contributed by atoms with Gasteiger partial charge in [0.1, 0.15) is 15.9 Å². The first-order valence-corrected chi connectivity index (χ1v) is 10.1. The third kappa shape index (κ3) is 7.06. The summed E-state index contributed by atoms with van der Waals surface area (Å²) in [7, 11) is 0. The van der Waals surface area contributed by atoms with Crippen LogP contribution in [0.1, 0.15) is 11.3 Å². The first kappa shape index (κ1) is 21.1. The maximum atomic E-state index is 12.9. The van der Waals surface area contributed by atoms with Crippen molar-refractivity contribution < 1.29 is 27.1 Å². The molecular formula is C19H14F4N2O2S2. The van der Waals surface area contributed by atoms with Gasteiger partial charge in [0.15, 0.2) is 0 Å². The maximum Gasteiger partial charge on any atom is 0.573 e. The summed E-state index contributed by atoms with van der Waals surface area (Å²) in [6.45, 7) is 0. The second-order valence-electron chi connectivity index (χ2n) is 5.82. The van der Waals surface area contributed by atoms with E-state index in [9.17, 15) is 22.4 Å². The predicted octanol–water partition coefficient (Wildman–Crippen LogP) is 5.65. The lowest BCUT2D eigenvalue weighted by Crippen LogP contribution is -2.17. The molecule has 3 rings (SSSR count). The fraction of sp³-hybridized carbons (Fsp3) is 0.158. The second-order valence-corrected chi connectivity index (χ2v) is 7.90. The van der Waals surface area contributed by atoms with E-state index in [0.717, 1.165) is 22.0 Å². The molecule has 2 aromatic carbocycles. The first-order valence-electron chi connectivity index (χ1n) is 8.24. The van der Waals surface area contributed by atoms with E-state index < -0.39 is 6.36 Å². The van der Waals surface area contributed by atoms with Crippen molar-refractivity contribution in [3.05, 3.63) is 71.0 Å². The van der Waals surface area contributed by atoms with E-state index in [1.807, 2.05) is 0 Å². The molecule has 152 valence electrons. The Bertz CT molecular complexity index is 958. The van der Waals surface area contributed by atoms with E-state index in [-0.39, 0.29) is 23.9 Å². The third-order valence-electron chi connectivity index (χ3n) is 3.52. The van der Waals surface area contributed by atoms with Crippen molar-refractivity contribution in [2.75, 3.05) is 5.32 Å². The van der Waals surface area contributed by atoms with Crippen molar-refractivity contribution in [2.24, 2.45) is 0 Å². The predicted molar refractivity (Wildman–Crippen MR) is 104 cm³/mol. The van der Waals surface area contributed by atoms with Crippen molar-refractivity contribution >= 4 is 34.7 Å². The summed E-state index contributed by atoms with van der Waals surface area (Å²) in [4.78, 5) is 16.5. The monoisotopic (exact) mass is 442 g/mol. The Kier molecular flexibility index (Phi) is 6.75. The molecule has 0 aliphatic heterocycles. The van der Waals surface area contributed by atoms with Gasteiger partial charge in [-0.2, -0.15) is 0 Å². The molecule has 0 atom stereocenters. The van der Waals surface area contributed by atoms with Gasteiger partial charge < -0.3 is 10.1 Å². The molecule has 0 spiro atoms. The average molecular weight is 442 g/mol. The number of anilines is 1. The summed E-state index contributed by atoms with van der Waals surface area (Å²) in [6.07, 6.45) is -4.73. The number of carbonyl (C=O) groups is 1. The molecule has 0 aliphatic carbocycles. The third-order valence-corrected chi connectivity index (χ3v) is 5.66. The summed E-state index contributed by atoms with van der Waals surface area (Å²) in [6, 6.07) is 11.1. The number of hydrogen-bond donors (Lipinski definition) is 1. The van der Waals surface area contributed by atoms with Crippen LogP contribution in [0, 0.1) is 5.82 Å². The minimum Gasteiger partial charge on any atom is -0.406 e. The Morgan fingerprint density at radius 1 is 1.10 bits per heavy atom. The fourth-order valence-corrected chi connectivity index (χ4v) is 4.07. The summed E-state index contributed by atoms with van der Waals surface area (Å²) >= 11 is 2.89. The lowest BCUT2D eigenvalue weighted by Gasteiger charge is -2.09. The number of thiazole rings is 1. The fourth-order valence-electron chi connectivity index (χ4n) is 2.27. The molecule has 29 heavy (non-hydrogen) atoms. The zero-order valence-electron chi connectivity index (χ0n) is 14.7. The number of thioether (sulfide) groups is 1. The zero-order valence-corrected chi connectivity index (χ0v) is 16.3. The van der Waals surface area contributed by atoms with E-state index in [1.165, 1.54) is 47.4 Å². The number of alkyl halides is 3. The Morgan fingerprint density at radius 2 is 1.79 bits per heavy atom. The highest BCUT2D eigenvalue weighted by Gasteiger charge is 2.30. The Labute approximate surface area is 171 Å². The minimum absolute atomic E-state index is 0.0361. The van der Waals surface area contributed by atoms with Crippen LogP contribution in [0.2, 0.25) is 0 Å².